The van der Waals surface area contributed by atoms with Crippen LogP contribution in [0.2, 0.25) is 5.02 Å². The zero-order chi connectivity index (χ0) is 14.8. The zero-order valence-corrected chi connectivity index (χ0v) is 13.0. The molecule has 3 nitrogen and oxygen atoms in total. The van der Waals surface area contributed by atoms with Gasteiger partial charge in [0.1, 0.15) is 0 Å². The van der Waals surface area contributed by atoms with Crippen molar-refractivity contribution in [3.8, 4) is 0 Å². The van der Waals surface area contributed by atoms with E-state index in [2.05, 4.69) is 12.2 Å². The first-order valence-electron chi connectivity index (χ1n) is 7.25. The molecular formula is C16H23ClN2O. The lowest BCUT2D eigenvalue weighted by Crippen LogP contribution is -2.44. The van der Waals surface area contributed by atoms with Crippen molar-refractivity contribution < 1.29 is 4.79 Å². The second-order valence-corrected chi connectivity index (χ2v) is 6.44. The molecule has 0 bridgehead atoms. The molecule has 0 saturated heterocycles. The minimum absolute atomic E-state index is 0.0391. The summed E-state index contributed by atoms with van der Waals surface area (Å²) in [5.74, 6) is 0.729. The Morgan fingerprint density at radius 1 is 1.45 bits per heavy atom. The first-order valence-corrected chi connectivity index (χ1v) is 7.63. The number of hydrogen-bond donors (Lipinski definition) is 2. The maximum atomic E-state index is 12.7. The number of anilines is 1. The van der Waals surface area contributed by atoms with Gasteiger partial charge in [-0.25, -0.2) is 0 Å². The lowest BCUT2D eigenvalue weighted by molar-refractivity contribution is -0.127. The van der Waals surface area contributed by atoms with Crippen molar-refractivity contribution >= 4 is 23.2 Å². The van der Waals surface area contributed by atoms with Crippen molar-refractivity contribution in [3.63, 3.8) is 0 Å². The van der Waals surface area contributed by atoms with Gasteiger partial charge in [0.15, 0.2) is 0 Å². The Bertz CT molecular complexity index is 493. The third-order valence-corrected chi connectivity index (χ3v) is 5.03. The monoisotopic (exact) mass is 294 g/mol. The van der Waals surface area contributed by atoms with Gasteiger partial charge in [0, 0.05) is 17.3 Å². The van der Waals surface area contributed by atoms with Crippen LogP contribution in [0.5, 0.6) is 0 Å². The van der Waals surface area contributed by atoms with Crippen LogP contribution in [0.3, 0.4) is 0 Å². The van der Waals surface area contributed by atoms with Gasteiger partial charge in [0.25, 0.3) is 0 Å². The number of nitrogens with one attached hydrogen (secondary N) is 1. The van der Waals surface area contributed by atoms with Crippen LogP contribution >= 0.6 is 11.6 Å². The Morgan fingerprint density at radius 2 is 2.10 bits per heavy atom. The average molecular weight is 295 g/mol. The summed E-state index contributed by atoms with van der Waals surface area (Å²) < 4.78 is 0. The molecule has 0 aliphatic heterocycles. The number of halogens is 1. The van der Waals surface area contributed by atoms with Crippen LogP contribution in [0, 0.1) is 18.3 Å². The molecule has 20 heavy (non-hydrogen) atoms. The van der Waals surface area contributed by atoms with Crippen LogP contribution in [-0.4, -0.2) is 12.5 Å². The van der Waals surface area contributed by atoms with Crippen LogP contribution < -0.4 is 11.1 Å². The Kier molecular flexibility index (Phi) is 4.71. The van der Waals surface area contributed by atoms with E-state index in [0.29, 0.717) is 17.5 Å². The Hall–Kier alpha value is -1.06. The highest BCUT2D eigenvalue weighted by Crippen LogP contribution is 2.39. The van der Waals surface area contributed by atoms with E-state index in [9.17, 15) is 4.79 Å². The summed E-state index contributed by atoms with van der Waals surface area (Å²) in [6.45, 7) is 4.56. The van der Waals surface area contributed by atoms with Crippen molar-refractivity contribution in [2.75, 3.05) is 11.9 Å². The number of carbonyl (C=O) groups excluding carboxylic acids is 1. The molecule has 4 heteroatoms. The topological polar surface area (TPSA) is 55.1 Å². The average Bonchev–Trinajstić information content (AvgIpc) is 2.45. The maximum Gasteiger partial charge on any atom is 0.231 e. The first-order chi connectivity index (χ1) is 9.48. The lowest BCUT2D eigenvalue weighted by Gasteiger charge is -2.37. The quantitative estimate of drug-likeness (QED) is 0.892. The third kappa shape index (κ3) is 2.99. The molecule has 0 aromatic heterocycles. The minimum atomic E-state index is -0.415. The summed E-state index contributed by atoms with van der Waals surface area (Å²) in [5, 5.41) is 3.69. The summed E-state index contributed by atoms with van der Waals surface area (Å²) in [4.78, 5) is 12.7. The molecule has 1 aliphatic rings. The number of carbonyl (C=O) groups is 1. The van der Waals surface area contributed by atoms with E-state index in [-0.39, 0.29) is 5.91 Å². The molecule has 3 N–H and O–H groups in total. The van der Waals surface area contributed by atoms with Gasteiger partial charge >= 0.3 is 0 Å². The van der Waals surface area contributed by atoms with Crippen molar-refractivity contribution in [1.29, 1.82) is 0 Å². The van der Waals surface area contributed by atoms with Crippen molar-refractivity contribution in [1.82, 2.24) is 0 Å². The van der Waals surface area contributed by atoms with E-state index < -0.39 is 5.41 Å². The van der Waals surface area contributed by atoms with E-state index in [4.69, 9.17) is 17.3 Å². The normalized spacial score (nSPS) is 26.3. The van der Waals surface area contributed by atoms with Gasteiger partial charge in [-0.1, -0.05) is 24.6 Å². The summed E-state index contributed by atoms with van der Waals surface area (Å²) in [6, 6.07) is 5.56. The van der Waals surface area contributed by atoms with Gasteiger partial charge in [-0.2, -0.15) is 0 Å². The van der Waals surface area contributed by atoms with Crippen molar-refractivity contribution in [3.05, 3.63) is 28.8 Å². The predicted octanol–water partition coefficient (Wildman–Crippen LogP) is 3.74. The van der Waals surface area contributed by atoms with Gasteiger partial charge in [-0.3, -0.25) is 4.79 Å². The van der Waals surface area contributed by atoms with Crippen LogP contribution in [0.1, 0.15) is 38.2 Å². The highest BCUT2D eigenvalue weighted by molar-refractivity contribution is 6.31. The fourth-order valence-corrected chi connectivity index (χ4v) is 3.01. The van der Waals surface area contributed by atoms with Gasteiger partial charge in [-0.05, 0) is 56.2 Å². The van der Waals surface area contributed by atoms with Crippen molar-refractivity contribution in [2.45, 2.75) is 39.5 Å². The van der Waals surface area contributed by atoms with Gasteiger partial charge in [0.2, 0.25) is 5.91 Å². The second kappa shape index (κ2) is 6.15. The fourth-order valence-electron chi connectivity index (χ4n) is 2.84. The zero-order valence-electron chi connectivity index (χ0n) is 12.2. The molecule has 1 saturated carbocycles. The van der Waals surface area contributed by atoms with Crippen LogP contribution in [0.25, 0.3) is 0 Å². The largest absolute Gasteiger partial charge is 0.329 e. The van der Waals surface area contributed by atoms with E-state index in [1.54, 1.807) is 0 Å². The van der Waals surface area contributed by atoms with Crippen molar-refractivity contribution in [2.24, 2.45) is 17.1 Å². The summed E-state index contributed by atoms with van der Waals surface area (Å²) in [6.07, 6.45) is 3.88. The molecule has 1 aliphatic carbocycles. The number of amides is 1. The molecule has 0 heterocycles. The van der Waals surface area contributed by atoms with Crippen LogP contribution in [-0.2, 0) is 4.79 Å². The molecule has 1 aromatic carbocycles. The highest BCUT2D eigenvalue weighted by atomic mass is 35.5. The summed E-state index contributed by atoms with van der Waals surface area (Å²) in [5.41, 5.74) is 7.19. The first kappa shape index (κ1) is 15.3. The highest BCUT2D eigenvalue weighted by Gasteiger charge is 2.39. The number of rotatable bonds is 3. The summed E-state index contributed by atoms with van der Waals surface area (Å²) >= 11 is 6.09. The number of benzene rings is 1. The molecule has 1 aromatic rings. The van der Waals surface area contributed by atoms with Crippen LogP contribution in [0.4, 0.5) is 5.69 Å². The predicted molar refractivity (Wildman–Crippen MR) is 83.9 cm³/mol. The van der Waals surface area contributed by atoms with E-state index in [0.717, 1.165) is 36.9 Å². The van der Waals surface area contributed by atoms with Crippen LogP contribution in [0.15, 0.2) is 18.2 Å². The Labute approximate surface area is 125 Å². The molecular weight excluding hydrogens is 272 g/mol. The molecule has 0 unspecified atom stereocenters. The maximum absolute atomic E-state index is 12.7. The van der Waals surface area contributed by atoms with E-state index in [1.807, 2.05) is 25.1 Å². The minimum Gasteiger partial charge on any atom is -0.329 e. The molecule has 1 amide bonds. The number of hydrogen-bond acceptors (Lipinski definition) is 2. The summed E-state index contributed by atoms with van der Waals surface area (Å²) in [7, 11) is 0. The molecule has 0 spiro atoms. The Morgan fingerprint density at radius 3 is 2.70 bits per heavy atom. The smallest absolute Gasteiger partial charge is 0.231 e. The molecule has 2 rings (SSSR count). The number of nitrogens with two attached hydrogens (primary N) is 1. The molecule has 0 atom stereocenters. The standard InChI is InChI=1S/C16H23ClN2O/c1-11-6-8-16(10-18,9-7-11)15(20)19-14-5-3-4-13(17)12(14)2/h3-5,11H,6-10,18H2,1-2H3,(H,19,20). The van der Waals surface area contributed by atoms with Gasteiger partial charge < -0.3 is 11.1 Å². The third-order valence-electron chi connectivity index (χ3n) is 4.62. The van der Waals surface area contributed by atoms with E-state index >= 15 is 0 Å². The second-order valence-electron chi connectivity index (χ2n) is 6.03. The van der Waals surface area contributed by atoms with Gasteiger partial charge in [-0.15, -0.1) is 0 Å². The van der Waals surface area contributed by atoms with Gasteiger partial charge in [0.05, 0.1) is 5.41 Å². The Balaban J connectivity index is 2.16. The molecule has 1 fully saturated rings. The SMILES string of the molecule is Cc1c(Cl)cccc1NC(=O)C1(CN)CCC(C)CC1. The van der Waals surface area contributed by atoms with E-state index in [1.165, 1.54) is 0 Å². The molecule has 110 valence electrons. The lowest BCUT2D eigenvalue weighted by atomic mass is 9.70. The molecule has 0 radical (unpaired) electrons. The fraction of sp³-hybridized carbons (Fsp3) is 0.562.